The zero-order chi connectivity index (χ0) is 18.3. The van der Waals surface area contributed by atoms with E-state index in [-0.39, 0.29) is 5.97 Å². The third-order valence-corrected chi connectivity index (χ3v) is 4.51. The molecule has 0 saturated heterocycles. The maximum Gasteiger partial charge on any atom is 0.307 e. The van der Waals surface area contributed by atoms with Crippen molar-refractivity contribution in [1.29, 1.82) is 0 Å². The molecular formula is C21H27NO3. The minimum Gasteiger partial charge on any atom is -0.489 e. The van der Waals surface area contributed by atoms with Gasteiger partial charge < -0.3 is 9.47 Å². The Bertz CT molecular complexity index is 667. The van der Waals surface area contributed by atoms with Gasteiger partial charge >= 0.3 is 5.97 Å². The lowest BCUT2D eigenvalue weighted by molar-refractivity contribution is -0.146. The number of hydrogen-bond acceptors (Lipinski definition) is 4. The van der Waals surface area contributed by atoms with Crippen molar-refractivity contribution in [3.8, 4) is 5.75 Å². The monoisotopic (exact) mass is 341 g/mol. The van der Waals surface area contributed by atoms with Gasteiger partial charge in [0.15, 0.2) is 0 Å². The molecule has 0 heterocycles. The van der Waals surface area contributed by atoms with E-state index in [0.717, 1.165) is 16.9 Å². The second-order valence-electron chi connectivity index (χ2n) is 6.45. The van der Waals surface area contributed by atoms with Gasteiger partial charge in [-0.15, -0.1) is 0 Å². The summed E-state index contributed by atoms with van der Waals surface area (Å²) < 4.78 is 11.0. The van der Waals surface area contributed by atoms with Crippen LogP contribution < -0.4 is 4.74 Å². The first-order valence-electron chi connectivity index (χ1n) is 8.56. The maximum atomic E-state index is 12.0. The van der Waals surface area contributed by atoms with Crippen LogP contribution in [0.3, 0.4) is 0 Å². The van der Waals surface area contributed by atoms with Crippen LogP contribution in [0, 0.1) is 0 Å². The predicted octanol–water partition coefficient (Wildman–Crippen LogP) is 4.00. The molecule has 0 spiro atoms. The average molecular weight is 341 g/mol. The first-order chi connectivity index (χ1) is 12.0. The van der Waals surface area contributed by atoms with E-state index in [4.69, 9.17) is 9.47 Å². The van der Waals surface area contributed by atoms with E-state index >= 15 is 0 Å². The highest BCUT2D eigenvalue weighted by molar-refractivity contribution is 5.71. The summed E-state index contributed by atoms with van der Waals surface area (Å²) in [7, 11) is 3.94. The van der Waals surface area contributed by atoms with Crippen molar-refractivity contribution < 1.29 is 14.3 Å². The summed E-state index contributed by atoms with van der Waals surface area (Å²) in [4.78, 5) is 14.0. The van der Waals surface area contributed by atoms with Gasteiger partial charge in [-0.25, -0.2) is 0 Å². The lowest BCUT2D eigenvalue weighted by Crippen LogP contribution is -2.40. The van der Waals surface area contributed by atoms with Crippen LogP contribution in [0.4, 0.5) is 0 Å². The van der Waals surface area contributed by atoms with E-state index in [1.54, 1.807) is 0 Å². The molecular weight excluding hydrogens is 314 g/mol. The standard InChI is InChI=1S/C21H27NO3/c1-5-24-20(23)15-21(2,22(3)4)18-11-13-19(14-12-18)25-16-17-9-7-6-8-10-17/h6-14H,5,15-16H2,1-4H3. The van der Waals surface area contributed by atoms with Gasteiger partial charge in [0.25, 0.3) is 0 Å². The van der Waals surface area contributed by atoms with Crippen LogP contribution in [-0.4, -0.2) is 31.6 Å². The Morgan fingerprint density at radius 3 is 2.24 bits per heavy atom. The first-order valence-corrected chi connectivity index (χ1v) is 8.56. The van der Waals surface area contributed by atoms with Crippen LogP contribution in [0.25, 0.3) is 0 Å². The van der Waals surface area contributed by atoms with Crippen molar-refractivity contribution in [3.63, 3.8) is 0 Å². The molecule has 0 aromatic heterocycles. The molecule has 0 radical (unpaired) electrons. The van der Waals surface area contributed by atoms with Crippen molar-refractivity contribution in [1.82, 2.24) is 4.90 Å². The summed E-state index contributed by atoms with van der Waals surface area (Å²) >= 11 is 0. The van der Waals surface area contributed by atoms with Crippen molar-refractivity contribution in [2.75, 3.05) is 20.7 Å². The Labute approximate surface area is 150 Å². The van der Waals surface area contributed by atoms with Crippen LogP contribution in [0.2, 0.25) is 0 Å². The molecule has 0 bridgehead atoms. The van der Waals surface area contributed by atoms with Gasteiger partial charge in [0, 0.05) is 0 Å². The second-order valence-corrected chi connectivity index (χ2v) is 6.45. The number of benzene rings is 2. The number of nitrogens with zero attached hydrogens (tertiary/aromatic N) is 1. The second kappa shape index (κ2) is 8.67. The molecule has 0 aliphatic rings. The summed E-state index contributed by atoms with van der Waals surface area (Å²) in [6, 6.07) is 18.0. The highest BCUT2D eigenvalue weighted by Crippen LogP contribution is 2.31. The van der Waals surface area contributed by atoms with E-state index in [9.17, 15) is 4.79 Å². The average Bonchev–Trinajstić information content (AvgIpc) is 2.61. The summed E-state index contributed by atoms with van der Waals surface area (Å²) in [5.74, 6) is 0.618. The molecule has 2 aromatic carbocycles. The van der Waals surface area contributed by atoms with E-state index in [0.29, 0.717) is 19.6 Å². The molecule has 0 aliphatic heterocycles. The topological polar surface area (TPSA) is 38.8 Å². The Hall–Kier alpha value is -2.33. The van der Waals surface area contributed by atoms with E-state index in [2.05, 4.69) is 0 Å². The minimum absolute atomic E-state index is 0.192. The molecule has 25 heavy (non-hydrogen) atoms. The fourth-order valence-corrected chi connectivity index (χ4v) is 2.66. The van der Waals surface area contributed by atoms with Crippen LogP contribution in [0.5, 0.6) is 5.75 Å². The summed E-state index contributed by atoms with van der Waals surface area (Å²) in [5.41, 5.74) is 1.76. The molecule has 1 atom stereocenters. The van der Waals surface area contributed by atoms with Gasteiger partial charge in [-0.1, -0.05) is 42.5 Å². The Kier molecular flexibility index (Phi) is 6.59. The van der Waals surface area contributed by atoms with Gasteiger partial charge in [-0.3, -0.25) is 9.69 Å². The van der Waals surface area contributed by atoms with Crippen LogP contribution in [0.15, 0.2) is 54.6 Å². The fourth-order valence-electron chi connectivity index (χ4n) is 2.66. The zero-order valence-corrected chi connectivity index (χ0v) is 15.5. The molecule has 0 N–H and O–H groups in total. The smallest absolute Gasteiger partial charge is 0.307 e. The number of carbonyl (C=O) groups is 1. The van der Waals surface area contributed by atoms with Gasteiger partial charge in [0.2, 0.25) is 0 Å². The largest absolute Gasteiger partial charge is 0.489 e. The molecule has 1 unspecified atom stereocenters. The van der Waals surface area contributed by atoms with Crippen LogP contribution in [-0.2, 0) is 21.7 Å². The molecule has 0 aliphatic carbocycles. The zero-order valence-electron chi connectivity index (χ0n) is 15.5. The predicted molar refractivity (Wildman–Crippen MR) is 99.5 cm³/mol. The highest BCUT2D eigenvalue weighted by atomic mass is 16.5. The van der Waals surface area contributed by atoms with Crippen LogP contribution in [0.1, 0.15) is 31.4 Å². The molecule has 2 rings (SSSR count). The van der Waals surface area contributed by atoms with Crippen molar-refractivity contribution in [2.45, 2.75) is 32.4 Å². The van der Waals surface area contributed by atoms with E-state index in [1.165, 1.54) is 0 Å². The molecule has 4 nitrogen and oxygen atoms in total. The fraction of sp³-hybridized carbons (Fsp3) is 0.381. The Morgan fingerprint density at radius 2 is 1.68 bits per heavy atom. The number of ether oxygens (including phenoxy) is 2. The first kappa shape index (κ1) is 19.0. The molecule has 0 fully saturated rings. The number of hydrogen-bond donors (Lipinski definition) is 0. The molecule has 134 valence electrons. The minimum atomic E-state index is -0.426. The number of rotatable bonds is 8. The van der Waals surface area contributed by atoms with Crippen LogP contribution >= 0.6 is 0 Å². The van der Waals surface area contributed by atoms with E-state index < -0.39 is 5.54 Å². The molecule has 4 heteroatoms. The Morgan fingerprint density at radius 1 is 1.04 bits per heavy atom. The normalized spacial score (nSPS) is 13.3. The van der Waals surface area contributed by atoms with Crippen molar-refractivity contribution >= 4 is 5.97 Å². The summed E-state index contributed by atoms with van der Waals surface area (Å²) in [6.45, 7) is 4.80. The third-order valence-electron chi connectivity index (χ3n) is 4.51. The molecule has 0 amide bonds. The lowest BCUT2D eigenvalue weighted by atomic mass is 9.87. The summed E-state index contributed by atoms with van der Waals surface area (Å²) in [5, 5.41) is 0. The molecule has 2 aromatic rings. The SMILES string of the molecule is CCOC(=O)CC(C)(c1ccc(OCc2ccccc2)cc1)N(C)C. The van der Waals surface area contributed by atoms with Crippen molar-refractivity contribution in [3.05, 3.63) is 65.7 Å². The highest BCUT2D eigenvalue weighted by Gasteiger charge is 2.32. The van der Waals surface area contributed by atoms with E-state index in [1.807, 2.05) is 87.4 Å². The molecule has 0 saturated carbocycles. The lowest BCUT2D eigenvalue weighted by Gasteiger charge is -2.36. The maximum absolute atomic E-state index is 12.0. The van der Waals surface area contributed by atoms with Gasteiger partial charge in [0.1, 0.15) is 12.4 Å². The van der Waals surface area contributed by atoms with Gasteiger partial charge in [-0.05, 0) is 51.2 Å². The summed E-state index contributed by atoms with van der Waals surface area (Å²) in [6.07, 6.45) is 0.304. The Balaban J connectivity index is 2.08. The van der Waals surface area contributed by atoms with Crippen molar-refractivity contribution in [2.24, 2.45) is 0 Å². The quantitative estimate of drug-likeness (QED) is 0.681. The third kappa shape index (κ3) is 5.07. The van der Waals surface area contributed by atoms with Gasteiger partial charge in [0.05, 0.1) is 18.6 Å². The van der Waals surface area contributed by atoms with Gasteiger partial charge in [-0.2, -0.15) is 0 Å². The number of carbonyl (C=O) groups excluding carboxylic acids is 1. The number of esters is 1.